The van der Waals surface area contributed by atoms with Gasteiger partial charge in [-0.05, 0) is 38.7 Å². The van der Waals surface area contributed by atoms with Gasteiger partial charge >= 0.3 is 0 Å². The highest BCUT2D eigenvalue weighted by atomic mass is 16.3. The highest BCUT2D eigenvalue weighted by Crippen LogP contribution is 2.44. The number of rotatable bonds is 6. The molecule has 2 saturated heterocycles. The Balaban J connectivity index is 1.41. The first kappa shape index (κ1) is 22.8. The largest absolute Gasteiger partial charge is 0.395 e. The average molecular weight is 483 g/mol. The molecule has 2 fully saturated rings. The molecule has 36 heavy (non-hydrogen) atoms. The molecule has 2 bridgehead atoms. The SMILES string of the molecule is CC(=O)c1c(C2CC3CCC(C2)N3CCO)nc2c(-c3ccc(-c4ccccc4)nc3)cnn2c1N. The van der Waals surface area contributed by atoms with Gasteiger partial charge in [-0.15, -0.1) is 0 Å². The number of pyridine rings is 1. The standard InChI is InChI=1S/C28H30N6O2/c1-17(36)25-26(20-13-21-8-9-22(14-20)33(21)11-12-35)32-28-23(16-31-34(28)27(25)29)19-7-10-24(30-15-19)18-5-3-2-4-6-18/h2-7,10,15-16,20-22,35H,8-9,11-14,29H2,1H3. The highest BCUT2D eigenvalue weighted by Gasteiger charge is 2.42. The van der Waals surface area contributed by atoms with Crippen LogP contribution in [-0.2, 0) is 0 Å². The first-order valence-corrected chi connectivity index (χ1v) is 12.6. The number of aliphatic hydroxyl groups is 1. The van der Waals surface area contributed by atoms with E-state index in [0.29, 0.717) is 35.7 Å². The van der Waals surface area contributed by atoms with Crippen LogP contribution in [0.3, 0.4) is 0 Å². The van der Waals surface area contributed by atoms with Crippen molar-refractivity contribution >= 4 is 17.2 Å². The molecule has 1 aromatic carbocycles. The third-order valence-corrected chi connectivity index (χ3v) is 7.84. The number of piperidine rings is 1. The highest BCUT2D eigenvalue weighted by molar-refractivity contribution is 6.00. The Kier molecular flexibility index (Phi) is 5.78. The van der Waals surface area contributed by atoms with Gasteiger partial charge in [-0.2, -0.15) is 9.61 Å². The maximum atomic E-state index is 12.8. The molecule has 2 aliphatic rings. The quantitative estimate of drug-likeness (QED) is 0.401. The van der Waals surface area contributed by atoms with Gasteiger partial charge in [0.15, 0.2) is 11.4 Å². The Morgan fingerprint density at radius 1 is 1.06 bits per heavy atom. The molecule has 0 saturated carbocycles. The summed E-state index contributed by atoms with van der Waals surface area (Å²) in [4.78, 5) is 24.9. The molecule has 2 aliphatic heterocycles. The summed E-state index contributed by atoms with van der Waals surface area (Å²) in [6.07, 6.45) is 7.65. The second-order valence-electron chi connectivity index (χ2n) is 9.92. The van der Waals surface area contributed by atoms with Gasteiger partial charge in [-0.1, -0.05) is 36.4 Å². The van der Waals surface area contributed by atoms with Crippen LogP contribution in [0.4, 0.5) is 5.82 Å². The van der Waals surface area contributed by atoms with Gasteiger partial charge in [0.1, 0.15) is 5.82 Å². The van der Waals surface area contributed by atoms with Crippen LogP contribution < -0.4 is 5.73 Å². The second-order valence-corrected chi connectivity index (χ2v) is 9.92. The number of carbonyl (C=O) groups excluding carboxylic acids is 1. The van der Waals surface area contributed by atoms with Crippen molar-refractivity contribution in [2.24, 2.45) is 0 Å². The molecule has 3 aromatic heterocycles. The van der Waals surface area contributed by atoms with E-state index >= 15 is 0 Å². The molecule has 0 amide bonds. The number of nitrogens with zero attached hydrogens (tertiary/aromatic N) is 5. The summed E-state index contributed by atoms with van der Waals surface area (Å²) >= 11 is 0. The van der Waals surface area contributed by atoms with E-state index in [1.165, 1.54) is 0 Å². The number of aliphatic hydroxyl groups excluding tert-OH is 1. The fourth-order valence-electron chi connectivity index (χ4n) is 6.20. The molecule has 0 aliphatic carbocycles. The molecule has 4 aromatic rings. The number of Topliss-reactive ketones (excluding diaryl/α,β-unsaturated/α-hetero) is 1. The number of hydrogen-bond donors (Lipinski definition) is 2. The maximum absolute atomic E-state index is 12.8. The van der Waals surface area contributed by atoms with Gasteiger partial charge in [0, 0.05) is 47.4 Å². The van der Waals surface area contributed by atoms with Crippen molar-refractivity contribution in [3.63, 3.8) is 0 Å². The van der Waals surface area contributed by atoms with Crippen LogP contribution in [-0.4, -0.2) is 60.6 Å². The monoisotopic (exact) mass is 482 g/mol. The third kappa shape index (κ3) is 3.77. The average Bonchev–Trinajstić information content (AvgIpc) is 3.41. The summed E-state index contributed by atoms with van der Waals surface area (Å²) in [5, 5.41) is 14.0. The number of carbonyl (C=O) groups is 1. The van der Waals surface area contributed by atoms with Gasteiger partial charge < -0.3 is 10.8 Å². The van der Waals surface area contributed by atoms with Crippen molar-refractivity contribution < 1.29 is 9.90 Å². The van der Waals surface area contributed by atoms with Crippen molar-refractivity contribution in [3.8, 4) is 22.4 Å². The molecule has 8 nitrogen and oxygen atoms in total. The Bertz CT molecular complexity index is 1400. The van der Waals surface area contributed by atoms with Gasteiger partial charge in [-0.25, -0.2) is 4.98 Å². The zero-order valence-corrected chi connectivity index (χ0v) is 20.3. The topological polar surface area (TPSA) is 110 Å². The Labute approximate surface area is 209 Å². The van der Waals surface area contributed by atoms with E-state index in [0.717, 1.165) is 53.8 Å². The fraction of sp³-hybridized carbons (Fsp3) is 0.357. The molecule has 0 radical (unpaired) electrons. The Morgan fingerprint density at radius 3 is 2.44 bits per heavy atom. The van der Waals surface area contributed by atoms with Crippen molar-refractivity contribution in [2.75, 3.05) is 18.9 Å². The molecule has 0 spiro atoms. The molecule has 2 atom stereocenters. The molecule has 8 heteroatoms. The van der Waals surface area contributed by atoms with Crippen LogP contribution in [0.1, 0.15) is 54.6 Å². The minimum Gasteiger partial charge on any atom is -0.395 e. The van der Waals surface area contributed by atoms with Crippen LogP contribution >= 0.6 is 0 Å². The molecular formula is C28H30N6O2. The molecule has 3 N–H and O–H groups in total. The summed E-state index contributed by atoms with van der Waals surface area (Å²) in [6, 6.07) is 14.9. The van der Waals surface area contributed by atoms with Gasteiger partial charge in [0.05, 0.1) is 29.8 Å². The molecule has 6 rings (SSSR count). The predicted molar refractivity (Wildman–Crippen MR) is 139 cm³/mol. The van der Waals surface area contributed by atoms with Gasteiger partial charge in [0.25, 0.3) is 0 Å². The lowest BCUT2D eigenvalue weighted by molar-refractivity contribution is 0.0968. The van der Waals surface area contributed by atoms with E-state index in [9.17, 15) is 9.90 Å². The number of nitrogen functional groups attached to an aromatic ring is 1. The number of fused-ring (bicyclic) bond motifs is 3. The Morgan fingerprint density at radius 2 is 1.81 bits per heavy atom. The zero-order chi connectivity index (χ0) is 24.8. The Hall–Kier alpha value is -3.62. The number of aromatic nitrogens is 4. The lowest BCUT2D eigenvalue weighted by Gasteiger charge is -2.38. The van der Waals surface area contributed by atoms with Crippen molar-refractivity contribution in [3.05, 3.63) is 66.1 Å². The summed E-state index contributed by atoms with van der Waals surface area (Å²) in [7, 11) is 0. The summed E-state index contributed by atoms with van der Waals surface area (Å²) < 4.78 is 1.58. The molecule has 184 valence electrons. The molecule has 5 heterocycles. The number of hydrogen-bond acceptors (Lipinski definition) is 7. The van der Waals surface area contributed by atoms with Crippen molar-refractivity contribution in [1.29, 1.82) is 0 Å². The van der Waals surface area contributed by atoms with Crippen LogP contribution in [0.25, 0.3) is 28.0 Å². The third-order valence-electron chi connectivity index (χ3n) is 7.84. The number of ketones is 1. The zero-order valence-electron chi connectivity index (χ0n) is 20.3. The lowest BCUT2D eigenvalue weighted by atomic mass is 9.85. The van der Waals surface area contributed by atoms with Gasteiger partial charge in [-0.3, -0.25) is 14.7 Å². The van der Waals surface area contributed by atoms with E-state index < -0.39 is 0 Å². The smallest absolute Gasteiger partial charge is 0.165 e. The maximum Gasteiger partial charge on any atom is 0.165 e. The minimum absolute atomic E-state index is 0.0898. The fourth-order valence-corrected chi connectivity index (χ4v) is 6.20. The van der Waals surface area contributed by atoms with Gasteiger partial charge in [0.2, 0.25) is 0 Å². The molecular weight excluding hydrogens is 452 g/mol. The van der Waals surface area contributed by atoms with Crippen LogP contribution in [0.15, 0.2) is 54.9 Å². The first-order valence-electron chi connectivity index (χ1n) is 12.6. The normalized spacial score (nSPS) is 21.8. The minimum atomic E-state index is -0.0898. The number of nitrogens with two attached hydrogens (primary N) is 1. The van der Waals surface area contributed by atoms with E-state index in [-0.39, 0.29) is 18.3 Å². The van der Waals surface area contributed by atoms with E-state index in [1.807, 2.05) is 48.7 Å². The van der Waals surface area contributed by atoms with E-state index in [1.54, 1.807) is 17.6 Å². The van der Waals surface area contributed by atoms with Crippen LogP contribution in [0.2, 0.25) is 0 Å². The van der Waals surface area contributed by atoms with E-state index in [4.69, 9.17) is 10.7 Å². The van der Waals surface area contributed by atoms with Crippen LogP contribution in [0, 0.1) is 0 Å². The van der Waals surface area contributed by atoms with Crippen molar-refractivity contribution in [2.45, 2.75) is 50.6 Å². The lowest BCUT2D eigenvalue weighted by Crippen LogP contribution is -2.44. The summed E-state index contributed by atoms with van der Waals surface area (Å²) in [6.45, 7) is 2.42. The second kappa shape index (κ2) is 9.11. The van der Waals surface area contributed by atoms with Crippen LogP contribution in [0.5, 0.6) is 0 Å². The predicted octanol–water partition coefficient (Wildman–Crippen LogP) is 3.95. The van der Waals surface area contributed by atoms with E-state index in [2.05, 4.69) is 15.0 Å². The van der Waals surface area contributed by atoms with Crippen molar-refractivity contribution in [1.82, 2.24) is 24.5 Å². The first-order chi connectivity index (χ1) is 17.5. The summed E-state index contributed by atoms with van der Waals surface area (Å²) in [5.41, 5.74) is 12.2. The molecule has 2 unspecified atom stereocenters. The summed E-state index contributed by atoms with van der Waals surface area (Å²) in [5.74, 6) is 0.394. The number of benzene rings is 1. The number of anilines is 1.